The largest absolute Gasteiger partial charge is 0.466 e. The van der Waals surface area contributed by atoms with Gasteiger partial charge >= 0.3 is 0 Å². The molecule has 2 aromatic rings. The predicted molar refractivity (Wildman–Crippen MR) is 70.7 cm³/mol. The molecule has 0 saturated carbocycles. The van der Waals surface area contributed by atoms with Gasteiger partial charge in [-0.2, -0.15) is 0 Å². The number of rotatable bonds is 3. The van der Waals surface area contributed by atoms with E-state index in [1.165, 1.54) is 4.90 Å². The summed E-state index contributed by atoms with van der Waals surface area (Å²) in [6.45, 7) is 0. The maximum atomic E-state index is 6.12. The van der Waals surface area contributed by atoms with Crippen LogP contribution >= 0.6 is 27.7 Å². The average Bonchev–Trinajstić information content (AvgIpc) is 2.75. The highest BCUT2D eigenvalue weighted by Gasteiger charge is 2.15. The highest BCUT2D eigenvalue weighted by atomic mass is 79.9. The Balaban J connectivity index is 2.27. The van der Waals surface area contributed by atoms with Crippen molar-refractivity contribution in [2.45, 2.75) is 10.9 Å². The van der Waals surface area contributed by atoms with E-state index in [0.717, 1.165) is 15.8 Å². The fraction of sp³-hybridized carbons (Fsp3) is 0.167. The van der Waals surface area contributed by atoms with Gasteiger partial charge in [0.05, 0.1) is 16.8 Å². The van der Waals surface area contributed by atoms with E-state index in [1.807, 2.05) is 18.2 Å². The third kappa shape index (κ3) is 2.34. The van der Waals surface area contributed by atoms with Crippen LogP contribution in [0.1, 0.15) is 17.4 Å². The van der Waals surface area contributed by atoms with Crippen molar-refractivity contribution in [3.05, 3.63) is 52.4 Å². The fourth-order valence-corrected chi connectivity index (χ4v) is 2.35. The molecule has 0 amide bonds. The van der Waals surface area contributed by atoms with Gasteiger partial charge in [-0.05, 0) is 45.9 Å². The minimum absolute atomic E-state index is 0.222. The first-order valence-electron chi connectivity index (χ1n) is 4.85. The van der Waals surface area contributed by atoms with E-state index in [1.54, 1.807) is 18.0 Å². The minimum atomic E-state index is -0.222. The summed E-state index contributed by atoms with van der Waals surface area (Å²) in [6, 6.07) is 9.83. The molecule has 0 aliphatic carbocycles. The highest BCUT2D eigenvalue weighted by Crippen LogP contribution is 2.28. The Hall–Kier alpha value is -0.710. The monoisotopic (exact) mass is 297 g/mol. The zero-order valence-corrected chi connectivity index (χ0v) is 11.2. The molecule has 1 atom stereocenters. The molecular formula is C12H12BrNOS. The molecular weight excluding hydrogens is 286 g/mol. The van der Waals surface area contributed by atoms with Crippen LogP contribution in [0.2, 0.25) is 0 Å². The van der Waals surface area contributed by atoms with Crippen LogP contribution in [-0.4, -0.2) is 6.26 Å². The van der Waals surface area contributed by atoms with Crippen LogP contribution in [0.15, 0.2) is 50.4 Å². The van der Waals surface area contributed by atoms with Crippen molar-refractivity contribution in [3.63, 3.8) is 0 Å². The second-order valence-electron chi connectivity index (χ2n) is 3.38. The molecule has 2 rings (SSSR count). The van der Waals surface area contributed by atoms with Gasteiger partial charge in [0, 0.05) is 4.90 Å². The molecule has 0 saturated heterocycles. The lowest BCUT2D eigenvalue weighted by Crippen LogP contribution is -2.11. The van der Waals surface area contributed by atoms with Gasteiger partial charge in [-0.15, -0.1) is 11.8 Å². The number of hydrogen-bond acceptors (Lipinski definition) is 3. The van der Waals surface area contributed by atoms with E-state index in [4.69, 9.17) is 10.2 Å². The van der Waals surface area contributed by atoms with Crippen molar-refractivity contribution >= 4 is 27.7 Å². The van der Waals surface area contributed by atoms with Crippen molar-refractivity contribution in [1.82, 2.24) is 0 Å². The summed E-state index contributed by atoms with van der Waals surface area (Å²) in [5, 5.41) is 0. The first-order valence-corrected chi connectivity index (χ1v) is 6.86. The van der Waals surface area contributed by atoms with Crippen molar-refractivity contribution in [2.75, 3.05) is 6.26 Å². The summed E-state index contributed by atoms with van der Waals surface area (Å²) < 4.78 is 6.27. The molecule has 1 heterocycles. The van der Waals surface area contributed by atoms with E-state index < -0.39 is 0 Å². The molecule has 4 heteroatoms. The Morgan fingerprint density at radius 1 is 1.25 bits per heavy atom. The van der Waals surface area contributed by atoms with Gasteiger partial charge < -0.3 is 10.2 Å². The second kappa shape index (κ2) is 5.08. The Morgan fingerprint density at radius 2 is 1.94 bits per heavy atom. The summed E-state index contributed by atoms with van der Waals surface area (Å²) in [5.74, 6) is 0.761. The molecule has 0 radical (unpaired) electrons. The summed E-state index contributed by atoms with van der Waals surface area (Å²) in [6.07, 6.45) is 3.69. The average molecular weight is 298 g/mol. The molecule has 1 aromatic carbocycles. The van der Waals surface area contributed by atoms with Gasteiger partial charge in [0.25, 0.3) is 0 Å². The van der Waals surface area contributed by atoms with E-state index in [-0.39, 0.29) is 6.04 Å². The summed E-state index contributed by atoms with van der Waals surface area (Å²) >= 11 is 5.13. The number of nitrogens with two attached hydrogens (primary N) is 1. The smallest absolute Gasteiger partial charge is 0.139 e. The van der Waals surface area contributed by atoms with Gasteiger partial charge in [-0.1, -0.05) is 12.1 Å². The Kier molecular flexibility index (Phi) is 3.74. The van der Waals surface area contributed by atoms with Crippen LogP contribution < -0.4 is 5.73 Å². The number of furan rings is 1. The molecule has 0 spiro atoms. The zero-order chi connectivity index (χ0) is 11.5. The van der Waals surface area contributed by atoms with Crippen LogP contribution in [0.3, 0.4) is 0 Å². The lowest BCUT2D eigenvalue weighted by atomic mass is 10.1. The minimum Gasteiger partial charge on any atom is -0.466 e. The van der Waals surface area contributed by atoms with E-state index in [2.05, 4.69) is 34.3 Å². The zero-order valence-electron chi connectivity index (χ0n) is 8.81. The van der Waals surface area contributed by atoms with Gasteiger partial charge in [0.1, 0.15) is 5.76 Å². The SMILES string of the molecule is CSc1ccc(C(N)c2occc2Br)cc1. The van der Waals surface area contributed by atoms with Crippen LogP contribution in [0.5, 0.6) is 0 Å². The lowest BCUT2D eigenvalue weighted by molar-refractivity contribution is 0.487. The molecule has 0 fully saturated rings. The van der Waals surface area contributed by atoms with E-state index >= 15 is 0 Å². The molecule has 16 heavy (non-hydrogen) atoms. The first kappa shape index (κ1) is 11.8. The van der Waals surface area contributed by atoms with E-state index in [9.17, 15) is 0 Å². The summed E-state index contributed by atoms with van der Waals surface area (Å²) in [7, 11) is 0. The molecule has 2 nitrogen and oxygen atoms in total. The first-order chi connectivity index (χ1) is 7.72. The van der Waals surface area contributed by atoms with Crippen LogP contribution in [0, 0.1) is 0 Å². The van der Waals surface area contributed by atoms with Gasteiger partial charge in [0.15, 0.2) is 0 Å². The van der Waals surface area contributed by atoms with Crippen molar-refractivity contribution in [2.24, 2.45) is 5.73 Å². The van der Waals surface area contributed by atoms with Crippen LogP contribution in [-0.2, 0) is 0 Å². The third-order valence-corrected chi connectivity index (χ3v) is 3.80. The molecule has 1 unspecified atom stereocenters. The van der Waals surface area contributed by atoms with Crippen LogP contribution in [0.25, 0.3) is 0 Å². The molecule has 0 aliphatic rings. The molecule has 0 bridgehead atoms. The topological polar surface area (TPSA) is 39.2 Å². The molecule has 1 aromatic heterocycles. The highest BCUT2D eigenvalue weighted by molar-refractivity contribution is 9.10. The predicted octanol–water partition coefficient (Wildman–Crippen LogP) is 3.81. The van der Waals surface area contributed by atoms with Gasteiger partial charge in [-0.25, -0.2) is 0 Å². The summed E-state index contributed by atoms with van der Waals surface area (Å²) in [5.41, 5.74) is 7.17. The molecule has 84 valence electrons. The van der Waals surface area contributed by atoms with E-state index in [0.29, 0.717) is 0 Å². The van der Waals surface area contributed by atoms with Crippen molar-refractivity contribution < 1.29 is 4.42 Å². The number of hydrogen-bond donors (Lipinski definition) is 1. The third-order valence-electron chi connectivity index (χ3n) is 2.40. The second-order valence-corrected chi connectivity index (χ2v) is 5.12. The van der Waals surface area contributed by atoms with Crippen molar-refractivity contribution in [3.8, 4) is 0 Å². The Bertz CT molecular complexity index is 466. The molecule has 0 aliphatic heterocycles. The normalized spacial score (nSPS) is 12.7. The number of halogens is 1. The van der Waals surface area contributed by atoms with Crippen LogP contribution in [0.4, 0.5) is 0 Å². The quantitative estimate of drug-likeness (QED) is 0.876. The maximum absolute atomic E-state index is 6.12. The number of thioether (sulfide) groups is 1. The Morgan fingerprint density at radius 3 is 2.44 bits per heavy atom. The van der Waals surface area contributed by atoms with Gasteiger partial charge in [0.2, 0.25) is 0 Å². The summed E-state index contributed by atoms with van der Waals surface area (Å²) in [4.78, 5) is 1.23. The Labute approximate surface area is 107 Å². The molecule has 2 N–H and O–H groups in total. The number of benzene rings is 1. The standard InChI is InChI=1S/C12H12BrNOS/c1-16-9-4-2-8(3-5-9)11(14)12-10(13)6-7-15-12/h2-7,11H,14H2,1H3. The lowest BCUT2D eigenvalue weighted by Gasteiger charge is -2.10. The maximum Gasteiger partial charge on any atom is 0.139 e. The van der Waals surface area contributed by atoms with Gasteiger partial charge in [-0.3, -0.25) is 0 Å². The fourth-order valence-electron chi connectivity index (χ4n) is 1.49. The van der Waals surface area contributed by atoms with Crippen molar-refractivity contribution in [1.29, 1.82) is 0 Å².